The van der Waals surface area contributed by atoms with Gasteiger partial charge in [0.2, 0.25) is 0 Å². The van der Waals surface area contributed by atoms with Crippen molar-refractivity contribution in [3.05, 3.63) is 59.7 Å². The highest BCUT2D eigenvalue weighted by Crippen LogP contribution is 2.22. The molecule has 2 aromatic carbocycles. The van der Waals surface area contributed by atoms with Gasteiger partial charge in [-0.05, 0) is 86.2 Å². The van der Waals surface area contributed by atoms with Crippen molar-refractivity contribution in [1.29, 1.82) is 0 Å². The van der Waals surface area contributed by atoms with Gasteiger partial charge in [-0.25, -0.2) is 0 Å². The van der Waals surface area contributed by atoms with Gasteiger partial charge in [0, 0.05) is 26.2 Å². The van der Waals surface area contributed by atoms with Crippen molar-refractivity contribution in [1.82, 2.24) is 21.3 Å². The molecule has 0 saturated heterocycles. The normalized spacial score (nSPS) is 11.4. The van der Waals surface area contributed by atoms with Gasteiger partial charge in [0.15, 0.2) is 0 Å². The maximum absolute atomic E-state index is 3.71. The van der Waals surface area contributed by atoms with Gasteiger partial charge >= 0.3 is 0 Å². The lowest BCUT2D eigenvalue weighted by Crippen LogP contribution is -2.27. The number of hydrogen-bond acceptors (Lipinski definition) is 4. The number of unbranched alkanes of at least 4 members (excludes halogenated alkanes) is 13. The van der Waals surface area contributed by atoms with Crippen LogP contribution in [0.4, 0.5) is 0 Å². The van der Waals surface area contributed by atoms with E-state index >= 15 is 0 Å². The van der Waals surface area contributed by atoms with E-state index in [0.29, 0.717) is 0 Å². The summed E-state index contributed by atoms with van der Waals surface area (Å²) in [5, 5.41) is 14.6. The molecule has 0 aliphatic rings. The van der Waals surface area contributed by atoms with Crippen molar-refractivity contribution in [2.24, 2.45) is 0 Å². The van der Waals surface area contributed by atoms with Gasteiger partial charge in [0.05, 0.1) is 0 Å². The van der Waals surface area contributed by atoms with Crippen LogP contribution in [-0.4, -0.2) is 39.3 Å². The average Bonchev–Trinajstić information content (AvgIpc) is 3.02. The van der Waals surface area contributed by atoms with Crippen molar-refractivity contribution in [2.75, 3.05) is 39.3 Å². The number of hydrogen-bond donors (Lipinski definition) is 4. The standard InChI is InChI=1S/C38H66N4/c1-3-5-7-9-10-11-12-19-26-40-28-29-42-34-36-30-35(31-38(32-36)37-22-16-15-17-23-37)33-41-27-21-14-13-20-25-39-24-18-8-6-4-2/h15-17,22-23,30-32,39-42H,3-14,18-21,24-29,33-34H2,1-2H3. The SMILES string of the molecule is CCCCCCCCCCNCCNCc1cc(CNCCCCCCNCCCCCC)cc(-c2ccccc2)c1. The van der Waals surface area contributed by atoms with E-state index in [1.807, 2.05) is 0 Å². The molecule has 238 valence electrons. The molecule has 0 saturated carbocycles. The van der Waals surface area contributed by atoms with E-state index in [0.717, 1.165) is 39.3 Å². The Bertz CT molecular complexity index is 805. The zero-order valence-corrected chi connectivity index (χ0v) is 27.6. The molecular formula is C38H66N4. The summed E-state index contributed by atoms with van der Waals surface area (Å²) in [5.41, 5.74) is 5.37. The lowest BCUT2D eigenvalue weighted by Gasteiger charge is -2.13. The molecule has 0 atom stereocenters. The summed E-state index contributed by atoms with van der Waals surface area (Å²) in [7, 11) is 0. The molecule has 4 heteroatoms. The Morgan fingerprint density at radius 2 is 0.786 bits per heavy atom. The second-order valence-electron chi connectivity index (χ2n) is 12.2. The third-order valence-corrected chi connectivity index (χ3v) is 8.17. The molecule has 0 fully saturated rings. The third-order valence-electron chi connectivity index (χ3n) is 8.17. The molecule has 0 spiro atoms. The van der Waals surface area contributed by atoms with Crippen molar-refractivity contribution >= 4 is 0 Å². The van der Waals surface area contributed by atoms with E-state index in [2.05, 4.69) is 83.6 Å². The lowest BCUT2D eigenvalue weighted by atomic mass is 9.99. The highest BCUT2D eigenvalue weighted by Gasteiger charge is 2.04. The zero-order chi connectivity index (χ0) is 29.8. The Morgan fingerprint density at radius 1 is 0.381 bits per heavy atom. The fourth-order valence-corrected chi connectivity index (χ4v) is 5.57. The van der Waals surface area contributed by atoms with Gasteiger partial charge in [0.1, 0.15) is 0 Å². The lowest BCUT2D eigenvalue weighted by molar-refractivity contribution is 0.546. The molecule has 42 heavy (non-hydrogen) atoms. The first-order chi connectivity index (χ1) is 20.8. The fraction of sp³-hybridized carbons (Fsp3) is 0.684. The topological polar surface area (TPSA) is 48.1 Å². The average molecular weight is 579 g/mol. The summed E-state index contributed by atoms with van der Waals surface area (Å²) in [6, 6.07) is 17.9. The van der Waals surface area contributed by atoms with E-state index in [1.54, 1.807) is 0 Å². The summed E-state index contributed by atoms with van der Waals surface area (Å²) in [6.07, 6.45) is 21.7. The molecule has 0 bridgehead atoms. The fourth-order valence-electron chi connectivity index (χ4n) is 5.57. The third kappa shape index (κ3) is 19.5. The maximum atomic E-state index is 3.71. The van der Waals surface area contributed by atoms with Gasteiger partial charge < -0.3 is 21.3 Å². The Balaban J connectivity index is 1.61. The Labute approximate surface area is 260 Å². The van der Waals surface area contributed by atoms with Gasteiger partial charge in [-0.15, -0.1) is 0 Å². The Morgan fingerprint density at radius 3 is 1.33 bits per heavy atom. The smallest absolute Gasteiger partial charge is 0.0206 e. The molecule has 0 aliphatic heterocycles. The minimum Gasteiger partial charge on any atom is -0.317 e. The zero-order valence-electron chi connectivity index (χ0n) is 27.6. The summed E-state index contributed by atoms with van der Waals surface area (Å²) in [6.45, 7) is 13.1. The van der Waals surface area contributed by atoms with Gasteiger partial charge in [0.25, 0.3) is 0 Å². The molecule has 4 N–H and O–H groups in total. The van der Waals surface area contributed by atoms with Crippen LogP contribution in [0, 0.1) is 0 Å². The quantitative estimate of drug-likeness (QED) is 0.0728. The van der Waals surface area contributed by atoms with Crippen molar-refractivity contribution in [3.63, 3.8) is 0 Å². The van der Waals surface area contributed by atoms with Crippen LogP contribution in [0.5, 0.6) is 0 Å². The van der Waals surface area contributed by atoms with Crippen LogP contribution in [0.3, 0.4) is 0 Å². The number of nitrogens with one attached hydrogen (secondary N) is 4. The summed E-state index contributed by atoms with van der Waals surface area (Å²) < 4.78 is 0. The minimum atomic E-state index is 0.916. The van der Waals surface area contributed by atoms with Gasteiger partial charge in [-0.1, -0.05) is 127 Å². The molecule has 0 aliphatic carbocycles. The van der Waals surface area contributed by atoms with Crippen molar-refractivity contribution < 1.29 is 0 Å². The van der Waals surface area contributed by atoms with Crippen LogP contribution in [-0.2, 0) is 13.1 Å². The largest absolute Gasteiger partial charge is 0.317 e. The molecule has 0 amide bonds. The van der Waals surface area contributed by atoms with Crippen LogP contribution >= 0.6 is 0 Å². The second-order valence-corrected chi connectivity index (χ2v) is 12.2. The molecule has 2 rings (SSSR count). The van der Waals surface area contributed by atoms with E-state index in [4.69, 9.17) is 0 Å². The van der Waals surface area contributed by atoms with Gasteiger partial charge in [-0.2, -0.15) is 0 Å². The van der Waals surface area contributed by atoms with Crippen molar-refractivity contribution in [2.45, 2.75) is 130 Å². The summed E-state index contributed by atoms with van der Waals surface area (Å²) in [5.74, 6) is 0. The predicted octanol–water partition coefficient (Wildman–Crippen LogP) is 8.99. The minimum absolute atomic E-state index is 0.916. The van der Waals surface area contributed by atoms with Crippen LogP contribution in [0.2, 0.25) is 0 Å². The van der Waals surface area contributed by atoms with Crippen LogP contribution in [0.1, 0.15) is 128 Å². The first-order valence-corrected chi connectivity index (χ1v) is 17.8. The number of benzene rings is 2. The van der Waals surface area contributed by atoms with Crippen molar-refractivity contribution in [3.8, 4) is 11.1 Å². The van der Waals surface area contributed by atoms with E-state index < -0.39 is 0 Å². The van der Waals surface area contributed by atoms with Crippen LogP contribution in [0.25, 0.3) is 11.1 Å². The summed E-state index contributed by atoms with van der Waals surface area (Å²) >= 11 is 0. The highest BCUT2D eigenvalue weighted by atomic mass is 14.9. The Kier molecular flexibility index (Phi) is 23.3. The first-order valence-electron chi connectivity index (χ1n) is 17.8. The van der Waals surface area contributed by atoms with Crippen LogP contribution in [0.15, 0.2) is 48.5 Å². The van der Waals surface area contributed by atoms with Crippen LogP contribution < -0.4 is 21.3 Å². The molecule has 0 aromatic heterocycles. The van der Waals surface area contributed by atoms with E-state index in [1.165, 1.54) is 138 Å². The van der Waals surface area contributed by atoms with Gasteiger partial charge in [-0.3, -0.25) is 0 Å². The molecule has 4 nitrogen and oxygen atoms in total. The molecule has 0 unspecified atom stereocenters. The summed E-state index contributed by atoms with van der Waals surface area (Å²) in [4.78, 5) is 0. The molecule has 0 heterocycles. The monoisotopic (exact) mass is 579 g/mol. The molecule has 0 radical (unpaired) electrons. The second kappa shape index (κ2) is 26.9. The van der Waals surface area contributed by atoms with E-state index in [-0.39, 0.29) is 0 Å². The highest BCUT2D eigenvalue weighted by molar-refractivity contribution is 5.65. The first kappa shape index (κ1) is 36.5. The Hall–Kier alpha value is -1.72. The predicted molar refractivity (Wildman–Crippen MR) is 186 cm³/mol. The molecule has 2 aromatic rings. The van der Waals surface area contributed by atoms with E-state index in [9.17, 15) is 0 Å². The number of rotatable bonds is 29. The molecular weight excluding hydrogens is 512 g/mol. The maximum Gasteiger partial charge on any atom is 0.0206 e.